The SMILES string of the molecule is COC(=O)c1cc(C)cc(C)c1NC(=O)C1([N+]2(CC(=O)OCc3ccccc3)CCCCC2)CCC1. The molecule has 7 nitrogen and oxygen atoms in total. The van der Waals surface area contributed by atoms with Gasteiger partial charge in [-0.3, -0.25) is 4.79 Å². The molecular formula is C29H37N2O5+. The van der Waals surface area contributed by atoms with E-state index in [0.717, 1.165) is 55.5 Å². The Balaban J connectivity index is 1.59. The highest BCUT2D eigenvalue weighted by Gasteiger charge is 2.61. The number of nitrogens with one attached hydrogen (secondary N) is 1. The summed E-state index contributed by atoms with van der Waals surface area (Å²) in [6, 6.07) is 13.3. The van der Waals surface area contributed by atoms with E-state index in [0.29, 0.717) is 28.6 Å². The van der Waals surface area contributed by atoms with E-state index in [-0.39, 0.29) is 25.0 Å². The summed E-state index contributed by atoms with van der Waals surface area (Å²) in [5.74, 6) is -0.878. The highest BCUT2D eigenvalue weighted by atomic mass is 16.5. The minimum absolute atomic E-state index is 0.122. The summed E-state index contributed by atoms with van der Waals surface area (Å²) in [6.07, 6.45) is 5.39. The van der Waals surface area contributed by atoms with Crippen molar-refractivity contribution in [2.75, 3.05) is 32.1 Å². The number of methoxy groups -OCH3 is 1. The first-order valence-corrected chi connectivity index (χ1v) is 12.9. The van der Waals surface area contributed by atoms with Crippen molar-refractivity contribution in [3.63, 3.8) is 0 Å². The predicted octanol–water partition coefficient (Wildman–Crippen LogP) is 4.70. The summed E-state index contributed by atoms with van der Waals surface area (Å²) in [5.41, 5.74) is 2.81. The Morgan fingerprint density at radius 2 is 1.67 bits per heavy atom. The number of hydrogen-bond donors (Lipinski definition) is 1. The summed E-state index contributed by atoms with van der Waals surface area (Å²) in [4.78, 5) is 39.7. The summed E-state index contributed by atoms with van der Waals surface area (Å²) in [6.45, 7) is 5.73. The van der Waals surface area contributed by atoms with Crippen LogP contribution < -0.4 is 5.32 Å². The third kappa shape index (κ3) is 5.03. The van der Waals surface area contributed by atoms with E-state index < -0.39 is 11.5 Å². The molecule has 192 valence electrons. The van der Waals surface area contributed by atoms with Crippen LogP contribution in [0.4, 0.5) is 5.69 Å². The van der Waals surface area contributed by atoms with E-state index >= 15 is 0 Å². The molecule has 1 aliphatic carbocycles. The molecule has 36 heavy (non-hydrogen) atoms. The Labute approximate surface area is 213 Å². The van der Waals surface area contributed by atoms with Crippen LogP contribution >= 0.6 is 0 Å². The Bertz CT molecular complexity index is 1120. The van der Waals surface area contributed by atoms with Crippen molar-refractivity contribution in [2.24, 2.45) is 0 Å². The molecule has 2 aromatic rings. The summed E-state index contributed by atoms with van der Waals surface area (Å²) in [5, 5.41) is 3.11. The van der Waals surface area contributed by atoms with Crippen LogP contribution in [0.3, 0.4) is 0 Å². The molecule has 1 aliphatic heterocycles. The standard InChI is InChI=1S/C29H36N2O5/c1-21-17-22(2)26(24(18-21)27(33)35-3)30-28(34)29(13-10-14-29)31(15-8-5-9-16-31)19-25(32)36-20-23-11-6-4-7-12-23/h4,6-7,11-12,17-18H,5,8-10,13-16,19-20H2,1-3H3/p+1. The molecule has 0 unspecified atom stereocenters. The maximum absolute atomic E-state index is 14.1. The molecule has 0 aromatic heterocycles. The number of ether oxygens (including phenoxy) is 2. The fourth-order valence-electron chi connectivity index (χ4n) is 5.95. The highest BCUT2D eigenvalue weighted by molar-refractivity contribution is 6.05. The minimum atomic E-state index is -0.711. The second kappa shape index (κ2) is 10.8. The molecule has 1 saturated carbocycles. The molecule has 0 spiro atoms. The van der Waals surface area contributed by atoms with Crippen molar-refractivity contribution in [3.8, 4) is 0 Å². The number of rotatable bonds is 8. The number of quaternary nitrogens is 1. The number of carbonyl (C=O) groups is 3. The number of nitrogens with zero attached hydrogens (tertiary/aromatic N) is 1. The number of amides is 1. The molecule has 2 aromatic carbocycles. The molecular weight excluding hydrogens is 456 g/mol. The molecule has 0 atom stereocenters. The summed E-state index contributed by atoms with van der Waals surface area (Å²) in [7, 11) is 1.34. The van der Waals surface area contributed by atoms with Gasteiger partial charge in [0.25, 0.3) is 5.91 Å². The molecule has 1 N–H and O–H groups in total. The van der Waals surface area contributed by atoms with Gasteiger partial charge in [-0.05, 0) is 62.3 Å². The van der Waals surface area contributed by atoms with Gasteiger partial charge in [-0.25, -0.2) is 9.59 Å². The van der Waals surface area contributed by atoms with Gasteiger partial charge in [-0.1, -0.05) is 36.4 Å². The van der Waals surface area contributed by atoms with E-state index in [1.54, 1.807) is 6.07 Å². The van der Waals surface area contributed by atoms with Gasteiger partial charge in [0.15, 0.2) is 12.1 Å². The molecule has 4 rings (SSSR count). The van der Waals surface area contributed by atoms with Crippen LogP contribution in [0.25, 0.3) is 0 Å². The molecule has 1 saturated heterocycles. The second-order valence-corrected chi connectivity index (χ2v) is 10.3. The number of carbonyl (C=O) groups excluding carboxylic acids is 3. The van der Waals surface area contributed by atoms with Gasteiger partial charge in [0, 0.05) is 12.8 Å². The van der Waals surface area contributed by atoms with Crippen LogP contribution in [0.2, 0.25) is 0 Å². The molecule has 2 aliphatic rings. The van der Waals surface area contributed by atoms with Crippen LogP contribution in [0.1, 0.15) is 65.6 Å². The first-order chi connectivity index (χ1) is 17.3. The van der Waals surface area contributed by atoms with E-state index in [4.69, 9.17) is 9.47 Å². The predicted molar refractivity (Wildman–Crippen MR) is 137 cm³/mol. The third-order valence-corrected chi connectivity index (χ3v) is 7.98. The van der Waals surface area contributed by atoms with E-state index in [9.17, 15) is 14.4 Å². The Morgan fingerprint density at radius 1 is 0.972 bits per heavy atom. The molecule has 7 heteroatoms. The number of aryl methyl sites for hydroxylation is 2. The Morgan fingerprint density at radius 3 is 2.28 bits per heavy atom. The zero-order chi connectivity index (χ0) is 25.8. The minimum Gasteiger partial charge on any atom is -0.465 e. The average Bonchev–Trinajstić information content (AvgIpc) is 2.84. The van der Waals surface area contributed by atoms with Crippen molar-refractivity contribution < 1.29 is 28.3 Å². The van der Waals surface area contributed by atoms with Crippen LogP contribution in [0.5, 0.6) is 0 Å². The second-order valence-electron chi connectivity index (χ2n) is 10.3. The number of esters is 2. The summed E-state index contributed by atoms with van der Waals surface area (Å²) >= 11 is 0. The van der Waals surface area contributed by atoms with Crippen molar-refractivity contribution in [2.45, 2.75) is 64.5 Å². The Kier molecular flexibility index (Phi) is 7.79. The summed E-state index contributed by atoms with van der Waals surface area (Å²) < 4.78 is 11.1. The number of likely N-dealkylation sites (tertiary alicyclic amines) is 1. The molecule has 1 heterocycles. The zero-order valence-electron chi connectivity index (χ0n) is 21.6. The third-order valence-electron chi connectivity index (χ3n) is 7.98. The zero-order valence-corrected chi connectivity index (χ0v) is 21.6. The maximum atomic E-state index is 14.1. The van der Waals surface area contributed by atoms with Crippen LogP contribution in [0.15, 0.2) is 42.5 Å². The van der Waals surface area contributed by atoms with Gasteiger partial charge in [-0.2, -0.15) is 0 Å². The number of hydrogen-bond acceptors (Lipinski definition) is 5. The van der Waals surface area contributed by atoms with Crippen LogP contribution in [0, 0.1) is 13.8 Å². The van der Waals surface area contributed by atoms with E-state index in [1.165, 1.54) is 7.11 Å². The van der Waals surface area contributed by atoms with Gasteiger partial charge in [0.05, 0.1) is 31.5 Å². The fraction of sp³-hybridized carbons (Fsp3) is 0.483. The molecule has 0 bridgehead atoms. The smallest absolute Gasteiger partial charge is 0.362 e. The lowest BCUT2D eigenvalue weighted by atomic mass is 9.71. The van der Waals surface area contributed by atoms with Crippen molar-refractivity contribution in [3.05, 3.63) is 64.7 Å². The van der Waals surface area contributed by atoms with Gasteiger partial charge in [0.2, 0.25) is 0 Å². The first-order valence-electron chi connectivity index (χ1n) is 12.9. The normalized spacial score (nSPS) is 18.0. The monoisotopic (exact) mass is 493 g/mol. The van der Waals surface area contributed by atoms with Gasteiger partial charge in [0.1, 0.15) is 6.61 Å². The van der Waals surface area contributed by atoms with Gasteiger partial charge in [-0.15, -0.1) is 0 Å². The average molecular weight is 494 g/mol. The van der Waals surface area contributed by atoms with Crippen molar-refractivity contribution in [1.82, 2.24) is 0 Å². The quantitative estimate of drug-likeness (QED) is 0.426. The van der Waals surface area contributed by atoms with E-state index in [1.807, 2.05) is 50.2 Å². The number of anilines is 1. The lowest BCUT2D eigenvalue weighted by molar-refractivity contribution is -0.970. The Hall–Kier alpha value is -3.19. The number of benzene rings is 2. The largest absolute Gasteiger partial charge is 0.465 e. The molecule has 2 fully saturated rings. The maximum Gasteiger partial charge on any atom is 0.362 e. The molecule has 1 amide bonds. The van der Waals surface area contributed by atoms with E-state index in [2.05, 4.69) is 5.32 Å². The fourth-order valence-corrected chi connectivity index (χ4v) is 5.95. The van der Waals surface area contributed by atoms with Crippen molar-refractivity contribution >= 4 is 23.5 Å². The lowest BCUT2D eigenvalue weighted by Crippen LogP contribution is -2.74. The van der Waals surface area contributed by atoms with Gasteiger partial charge >= 0.3 is 11.9 Å². The van der Waals surface area contributed by atoms with Crippen LogP contribution in [-0.2, 0) is 25.7 Å². The lowest BCUT2D eigenvalue weighted by Gasteiger charge is -2.57. The van der Waals surface area contributed by atoms with Crippen LogP contribution in [-0.4, -0.2) is 54.6 Å². The topological polar surface area (TPSA) is 81.7 Å². The van der Waals surface area contributed by atoms with Gasteiger partial charge < -0.3 is 19.3 Å². The molecule has 0 radical (unpaired) electrons. The number of piperidine rings is 1. The highest BCUT2D eigenvalue weighted by Crippen LogP contribution is 2.46. The first kappa shape index (κ1) is 25.9. The van der Waals surface area contributed by atoms with Crippen molar-refractivity contribution in [1.29, 1.82) is 0 Å².